The van der Waals surface area contributed by atoms with Crippen LogP contribution in [0.3, 0.4) is 0 Å². The number of nitrogens with zero attached hydrogens (tertiary/aromatic N) is 2. The number of aromatic nitrogens is 1. The molecule has 0 radical (unpaired) electrons. The minimum Gasteiger partial charge on any atom is -0.506 e. The molecule has 0 atom stereocenters. The second-order valence-corrected chi connectivity index (χ2v) is 4.67. The molecule has 5 heteroatoms. The van der Waals surface area contributed by atoms with E-state index in [2.05, 4.69) is 10.3 Å². The van der Waals surface area contributed by atoms with Gasteiger partial charge >= 0.3 is 0 Å². The predicted octanol–water partition coefficient (Wildman–Crippen LogP) is 0.888. The Morgan fingerprint density at radius 3 is 2.78 bits per heavy atom. The predicted molar refractivity (Wildman–Crippen MR) is 68.0 cm³/mol. The summed E-state index contributed by atoms with van der Waals surface area (Å²) in [6, 6.07) is 3.89. The van der Waals surface area contributed by atoms with E-state index in [1.165, 1.54) is 6.20 Å². The van der Waals surface area contributed by atoms with E-state index in [0.29, 0.717) is 12.6 Å². The Labute approximate surface area is 107 Å². The molecule has 0 aliphatic carbocycles. The first-order valence-electron chi connectivity index (χ1n) is 6.28. The van der Waals surface area contributed by atoms with E-state index in [0.717, 1.165) is 31.6 Å². The fourth-order valence-corrected chi connectivity index (χ4v) is 2.17. The van der Waals surface area contributed by atoms with Crippen LogP contribution in [-0.2, 0) is 11.3 Å². The van der Waals surface area contributed by atoms with Crippen LogP contribution < -0.4 is 5.32 Å². The smallest absolute Gasteiger partial charge is 0.219 e. The van der Waals surface area contributed by atoms with E-state index in [1.807, 2.05) is 11.0 Å². The van der Waals surface area contributed by atoms with Gasteiger partial charge in [-0.3, -0.25) is 9.78 Å². The van der Waals surface area contributed by atoms with Crippen LogP contribution in [0, 0.1) is 0 Å². The van der Waals surface area contributed by atoms with Crippen molar-refractivity contribution >= 4 is 5.91 Å². The lowest BCUT2D eigenvalue weighted by atomic mass is 10.0. The molecule has 1 amide bonds. The summed E-state index contributed by atoms with van der Waals surface area (Å²) >= 11 is 0. The number of rotatable bonds is 3. The molecule has 2 heterocycles. The number of aromatic hydroxyl groups is 1. The van der Waals surface area contributed by atoms with Crippen molar-refractivity contribution in [1.82, 2.24) is 15.2 Å². The van der Waals surface area contributed by atoms with E-state index in [9.17, 15) is 4.79 Å². The maximum Gasteiger partial charge on any atom is 0.219 e. The summed E-state index contributed by atoms with van der Waals surface area (Å²) < 4.78 is 0. The van der Waals surface area contributed by atoms with Gasteiger partial charge in [-0.25, -0.2) is 0 Å². The Hall–Kier alpha value is -1.62. The van der Waals surface area contributed by atoms with E-state index in [1.54, 1.807) is 13.0 Å². The molecular formula is C13H19N3O2. The number of carbonyl (C=O) groups is 1. The monoisotopic (exact) mass is 249 g/mol. The molecule has 18 heavy (non-hydrogen) atoms. The number of likely N-dealkylation sites (tertiary alicyclic amines) is 1. The highest BCUT2D eigenvalue weighted by atomic mass is 16.3. The van der Waals surface area contributed by atoms with Gasteiger partial charge in [-0.05, 0) is 25.0 Å². The third-order valence-electron chi connectivity index (χ3n) is 3.32. The van der Waals surface area contributed by atoms with E-state index < -0.39 is 0 Å². The van der Waals surface area contributed by atoms with Crippen molar-refractivity contribution < 1.29 is 9.90 Å². The molecule has 1 aromatic heterocycles. The number of pyridine rings is 1. The van der Waals surface area contributed by atoms with Gasteiger partial charge in [-0.2, -0.15) is 0 Å². The number of piperidine rings is 1. The summed E-state index contributed by atoms with van der Waals surface area (Å²) in [5, 5.41) is 12.6. The molecular weight excluding hydrogens is 230 g/mol. The second kappa shape index (κ2) is 5.82. The average molecular weight is 249 g/mol. The number of amides is 1. The highest BCUT2D eigenvalue weighted by molar-refractivity contribution is 5.73. The number of hydrogen-bond acceptors (Lipinski definition) is 4. The van der Waals surface area contributed by atoms with Gasteiger partial charge in [0.2, 0.25) is 5.91 Å². The molecule has 98 valence electrons. The topological polar surface area (TPSA) is 65.5 Å². The van der Waals surface area contributed by atoms with Crippen molar-refractivity contribution in [1.29, 1.82) is 0 Å². The summed E-state index contributed by atoms with van der Waals surface area (Å²) in [6.07, 6.45) is 3.42. The Morgan fingerprint density at radius 2 is 2.22 bits per heavy atom. The zero-order chi connectivity index (χ0) is 13.0. The van der Waals surface area contributed by atoms with E-state index in [4.69, 9.17) is 5.11 Å². The molecule has 1 aliphatic rings. The highest BCUT2D eigenvalue weighted by Crippen LogP contribution is 2.11. The van der Waals surface area contributed by atoms with Gasteiger partial charge in [0.25, 0.3) is 0 Å². The Kier molecular flexibility index (Phi) is 4.15. The van der Waals surface area contributed by atoms with Crippen LogP contribution in [0.5, 0.6) is 5.75 Å². The Balaban J connectivity index is 1.75. The van der Waals surface area contributed by atoms with Crippen LogP contribution in [0.2, 0.25) is 0 Å². The average Bonchev–Trinajstić information content (AvgIpc) is 2.38. The van der Waals surface area contributed by atoms with Gasteiger partial charge in [-0.1, -0.05) is 0 Å². The van der Waals surface area contributed by atoms with Crippen LogP contribution in [0.15, 0.2) is 18.3 Å². The zero-order valence-corrected chi connectivity index (χ0v) is 10.6. The van der Waals surface area contributed by atoms with Gasteiger partial charge in [0, 0.05) is 32.6 Å². The lowest BCUT2D eigenvalue weighted by molar-refractivity contribution is -0.129. The first-order valence-corrected chi connectivity index (χ1v) is 6.28. The number of nitrogens with one attached hydrogen (secondary N) is 1. The SMILES string of the molecule is CC(=O)N1CCC(NCc2ccc(O)cn2)CC1. The fraction of sp³-hybridized carbons (Fsp3) is 0.538. The summed E-state index contributed by atoms with van der Waals surface area (Å²) in [5.41, 5.74) is 0.918. The lowest BCUT2D eigenvalue weighted by Crippen LogP contribution is -2.44. The molecule has 0 saturated carbocycles. The van der Waals surface area contributed by atoms with E-state index >= 15 is 0 Å². The maximum absolute atomic E-state index is 11.2. The maximum atomic E-state index is 11.2. The van der Waals surface area contributed by atoms with Gasteiger partial charge in [0.15, 0.2) is 0 Å². The first-order chi connectivity index (χ1) is 8.65. The first kappa shape index (κ1) is 12.8. The standard InChI is InChI=1S/C13H19N3O2/c1-10(17)16-6-4-11(5-7-16)14-8-12-2-3-13(18)9-15-12/h2-3,9,11,14,18H,4-8H2,1H3. The van der Waals surface area contributed by atoms with Gasteiger partial charge in [-0.15, -0.1) is 0 Å². The van der Waals surface area contributed by atoms with Crippen molar-refractivity contribution in [2.45, 2.75) is 32.4 Å². The van der Waals surface area contributed by atoms with Gasteiger partial charge < -0.3 is 15.3 Å². The quantitative estimate of drug-likeness (QED) is 0.835. The summed E-state index contributed by atoms with van der Waals surface area (Å²) in [4.78, 5) is 17.2. The van der Waals surface area contributed by atoms with Crippen molar-refractivity contribution in [2.75, 3.05) is 13.1 Å². The number of hydrogen-bond donors (Lipinski definition) is 2. The molecule has 1 aromatic rings. The van der Waals surface area contributed by atoms with Gasteiger partial charge in [0.1, 0.15) is 5.75 Å². The number of carbonyl (C=O) groups excluding carboxylic acids is 1. The molecule has 0 unspecified atom stereocenters. The van der Waals surface area contributed by atoms with Crippen molar-refractivity contribution in [3.8, 4) is 5.75 Å². The summed E-state index contributed by atoms with van der Waals surface area (Å²) in [6.45, 7) is 3.98. The molecule has 5 nitrogen and oxygen atoms in total. The second-order valence-electron chi connectivity index (χ2n) is 4.67. The molecule has 1 saturated heterocycles. The zero-order valence-electron chi connectivity index (χ0n) is 10.6. The van der Waals surface area contributed by atoms with Crippen LogP contribution >= 0.6 is 0 Å². The Bertz CT molecular complexity index is 397. The molecule has 2 rings (SSSR count). The highest BCUT2D eigenvalue weighted by Gasteiger charge is 2.19. The Morgan fingerprint density at radius 1 is 1.50 bits per heavy atom. The van der Waals surface area contributed by atoms with Crippen LogP contribution in [-0.4, -0.2) is 40.0 Å². The lowest BCUT2D eigenvalue weighted by Gasteiger charge is -2.31. The molecule has 2 N–H and O–H groups in total. The molecule has 1 fully saturated rings. The van der Waals surface area contributed by atoms with Crippen molar-refractivity contribution in [3.05, 3.63) is 24.0 Å². The normalized spacial score (nSPS) is 16.8. The minimum atomic E-state index is 0.161. The minimum absolute atomic E-state index is 0.161. The third-order valence-corrected chi connectivity index (χ3v) is 3.32. The summed E-state index contributed by atoms with van der Waals surface area (Å²) in [7, 11) is 0. The van der Waals surface area contributed by atoms with E-state index in [-0.39, 0.29) is 11.7 Å². The molecule has 0 aromatic carbocycles. The van der Waals surface area contributed by atoms with Crippen molar-refractivity contribution in [2.24, 2.45) is 0 Å². The third kappa shape index (κ3) is 3.43. The molecule has 0 bridgehead atoms. The van der Waals surface area contributed by atoms with Crippen molar-refractivity contribution in [3.63, 3.8) is 0 Å². The van der Waals surface area contributed by atoms with Crippen LogP contribution in [0.25, 0.3) is 0 Å². The largest absolute Gasteiger partial charge is 0.506 e. The summed E-state index contributed by atoms with van der Waals surface area (Å²) in [5.74, 6) is 0.349. The van der Waals surface area contributed by atoms with Gasteiger partial charge in [0.05, 0.1) is 11.9 Å². The fourth-order valence-electron chi connectivity index (χ4n) is 2.17. The molecule has 1 aliphatic heterocycles. The van der Waals surface area contributed by atoms with Crippen LogP contribution in [0.4, 0.5) is 0 Å². The van der Waals surface area contributed by atoms with Crippen LogP contribution in [0.1, 0.15) is 25.5 Å². The molecule has 0 spiro atoms.